The minimum Gasteiger partial charge on any atom is -0.464 e. The number of hydrogen-bond acceptors (Lipinski definition) is 2. The van der Waals surface area contributed by atoms with E-state index in [0.29, 0.717) is 6.61 Å². The highest BCUT2D eigenvalue weighted by molar-refractivity contribution is 5.79. The van der Waals surface area contributed by atoms with Crippen LogP contribution in [0.2, 0.25) is 0 Å². The molecule has 0 heterocycles. The highest BCUT2D eigenvalue weighted by Gasteiger charge is 2.30. The van der Waals surface area contributed by atoms with Crippen molar-refractivity contribution in [2.75, 3.05) is 6.61 Å². The quantitative estimate of drug-likeness (QED) is 0.777. The number of hydrogen-bond donors (Lipinski definition) is 0. The lowest BCUT2D eigenvalue weighted by Gasteiger charge is -2.16. The Hall–Kier alpha value is -2.09. The summed E-state index contributed by atoms with van der Waals surface area (Å²) >= 11 is 0. The highest BCUT2D eigenvalue weighted by atomic mass is 16.5. The van der Waals surface area contributed by atoms with Crippen molar-refractivity contribution in [2.45, 2.75) is 31.6 Å². The molecule has 0 saturated heterocycles. The smallest absolute Gasteiger partial charge is 0.308 e. The van der Waals surface area contributed by atoms with Crippen LogP contribution < -0.4 is 0 Å². The predicted octanol–water partition coefficient (Wildman–Crippen LogP) is 4.53. The van der Waals surface area contributed by atoms with E-state index < -0.39 is 0 Å². The van der Waals surface area contributed by atoms with Gasteiger partial charge in [-0.05, 0) is 35.1 Å². The van der Waals surface area contributed by atoms with Crippen molar-refractivity contribution in [3.8, 4) is 11.1 Å². The summed E-state index contributed by atoms with van der Waals surface area (Å²) in [5.74, 6) is 0.309. The summed E-state index contributed by atoms with van der Waals surface area (Å²) in [7, 11) is 0. The van der Waals surface area contributed by atoms with E-state index in [2.05, 4.69) is 48.5 Å². The fourth-order valence-electron chi connectivity index (χ4n) is 3.88. The van der Waals surface area contributed by atoms with Crippen LogP contribution in [0.4, 0.5) is 0 Å². The Bertz CT molecular complexity index is 653. The highest BCUT2D eigenvalue weighted by Crippen LogP contribution is 2.44. The van der Waals surface area contributed by atoms with Crippen molar-refractivity contribution in [3.05, 3.63) is 59.7 Å². The Morgan fingerprint density at radius 2 is 1.45 bits per heavy atom. The average molecular weight is 292 g/mol. The molecule has 2 aromatic rings. The first-order chi connectivity index (χ1) is 10.8. The molecule has 0 unspecified atom stereocenters. The van der Waals surface area contributed by atoms with E-state index in [4.69, 9.17) is 4.74 Å². The molecule has 22 heavy (non-hydrogen) atoms. The van der Waals surface area contributed by atoms with Crippen molar-refractivity contribution in [2.24, 2.45) is 5.92 Å². The molecule has 1 saturated carbocycles. The number of benzene rings is 2. The molecule has 112 valence electrons. The minimum atomic E-state index is -0.000591. The second kappa shape index (κ2) is 5.60. The lowest BCUT2D eigenvalue weighted by atomic mass is 9.98. The Labute approximate surface area is 131 Å². The maximum absolute atomic E-state index is 12.2. The third kappa shape index (κ3) is 2.23. The van der Waals surface area contributed by atoms with Crippen LogP contribution >= 0.6 is 0 Å². The zero-order chi connectivity index (χ0) is 14.9. The van der Waals surface area contributed by atoms with E-state index in [1.165, 1.54) is 22.3 Å². The van der Waals surface area contributed by atoms with Gasteiger partial charge in [-0.3, -0.25) is 4.79 Å². The van der Waals surface area contributed by atoms with Gasteiger partial charge in [-0.1, -0.05) is 61.4 Å². The molecule has 0 N–H and O–H groups in total. The summed E-state index contributed by atoms with van der Waals surface area (Å²) in [5, 5.41) is 0. The zero-order valence-electron chi connectivity index (χ0n) is 12.6. The van der Waals surface area contributed by atoms with Gasteiger partial charge in [0.05, 0.1) is 5.92 Å². The maximum atomic E-state index is 12.2. The molecule has 1 fully saturated rings. The van der Waals surface area contributed by atoms with E-state index in [9.17, 15) is 4.79 Å². The van der Waals surface area contributed by atoms with Crippen LogP contribution in [0.25, 0.3) is 11.1 Å². The maximum Gasteiger partial charge on any atom is 0.308 e. The van der Waals surface area contributed by atoms with Gasteiger partial charge < -0.3 is 4.74 Å². The summed E-state index contributed by atoms with van der Waals surface area (Å²) < 4.78 is 5.68. The SMILES string of the molecule is O=C(OCC1c2ccccc2-c2ccccc21)C1CCCC1. The van der Waals surface area contributed by atoms with Gasteiger partial charge in [0, 0.05) is 5.92 Å². The number of fused-ring (bicyclic) bond motifs is 3. The predicted molar refractivity (Wildman–Crippen MR) is 86.6 cm³/mol. The Balaban J connectivity index is 1.57. The summed E-state index contributed by atoms with van der Waals surface area (Å²) in [6.45, 7) is 0.462. The molecule has 2 heteroatoms. The lowest BCUT2D eigenvalue weighted by Crippen LogP contribution is -2.18. The van der Waals surface area contributed by atoms with Crippen LogP contribution in [-0.2, 0) is 9.53 Å². The molecule has 4 rings (SSSR count). The molecule has 0 amide bonds. The van der Waals surface area contributed by atoms with E-state index in [-0.39, 0.29) is 17.8 Å². The second-order valence-electron chi connectivity index (χ2n) is 6.34. The van der Waals surface area contributed by atoms with Gasteiger partial charge in [-0.2, -0.15) is 0 Å². The van der Waals surface area contributed by atoms with Crippen LogP contribution in [-0.4, -0.2) is 12.6 Å². The number of rotatable bonds is 3. The van der Waals surface area contributed by atoms with E-state index in [1.807, 2.05) is 0 Å². The molecule has 2 aromatic carbocycles. The fraction of sp³-hybridized carbons (Fsp3) is 0.350. The monoisotopic (exact) mass is 292 g/mol. The number of carbonyl (C=O) groups excluding carboxylic acids is 1. The van der Waals surface area contributed by atoms with Gasteiger partial charge in [-0.25, -0.2) is 0 Å². The van der Waals surface area contributed by atoms with E-state index in [1.54, 1.807) is 0 Å². The van der Waals surface area contributed by atoms with Gasteiger partial charge in [0.25, 0.3) is 0 Å². The first kappa shape index (κ1) is 13.6. The molecule has 0 bridgehead atoms. The molecule has 0 spiro atoms. The van der Waals surface area contributed by atoms with Gasteiger partial charge in [-0.15, -0.1) is 0 Å². The molecule has 0 radical (unpaired) electrons. The number of esters is 1. The third-order valence-electron chi connectivity index (χ3n) is 5.04. The largest absolute Gasteiger partial charge is 0.464 e. The van der Waals surface area contributed by atoms with Crippen LogP contribution in [0, 0.1) is 5.92 Å². The van der Waals surface area contributed by atoms with Gasteiger partial charge in [0.15, 0.2) is 0 Å². The fourth-order valence-corrected chi connectivity index (χ4v) is 3.88. The minimum absolute atomic E-state index is 0.000591. The first-order valence-corrected chi connectivity index (χ1v) is 8.19. The van der Waals surface area contributed by atoms with Crippen LogP contribution in [0.1, 0.15) is 42.7 Å². The van der Waals surface area contributed by atoms with Crippen LogP contribution in [0.5, 0.6) is 0 Å². The molecular formula is C20H20O2. The topological polar surface area (TPSA) is 26.3 Å². The molecular weight excluding hydrogens is 272 g/mol. The molecule has 2 aliphatic carbocycles. The first-order valence-electron chi connectivity index (χ1n) is 8.19. The number of ether oxygens (including phenoxy) is 1. The Kier molecular flexibility index (Phi) is 3.45. The van der Waals surface area contributed by atoms with Gasteiger partial charge >= 0.3 is 5.97 Å². The van der Waals surface area contributed by atoms with Crippen molar-refractivity contribution in [1.82, 2.24) is 0 Å². The zero-order valence-corrected chi connectivity index (χ0v) is 12.6. The normalized spacial score (nSPS) is 17.3. The lowest BCUT2D eigenvalue weighted by molar-refractivity contribution is -0.148. The van der Waals surface area contributed by atoms with Crippen molar-refractivity contribution < 1.29 is 9.53 Å². The second-order valence-corrected chi connectivity index (χ2v) is 6.34. The summed E-state index contributed by atoms with van der Waals surface area (Å²) in [5.41, 5.74) is 5.12. The molecule has 0 atom stereocenters. The van der Waals surface area contributed by atoms with Crippen LogP contribution in [0.15, 0.2) is 48.5 Å². The Morgan fingerprint density at radius 1 is 0.909 bits per heavy atom. The third-order valence-corrected chi connectivity index (χ3v) is 5.04. The summed E-state index contributed by atoms with van der Waals surface area (Å²) in [6.07, 6.45) is 4.32. The number of carbonyl (C=O) groups is 1. The Morgan fingerprint density at radius 3 is 2.05 bits per heavy atom. The van der Waals surface area contributed by atoms with Gasteiger partial charge in [0.1, 0.15) is 6.61 Å². The standard InChI is InChI=1S/C20H20O2/c21-20(14-7-1-2-8-14)22-13-19-17-11-5-3-9-15(17)16-10-4-6-12-18(16)19/h3-6,9-12,14,19H,1-2,7-8,13H2. The van der Waals surface area contributed by atoms with E-state index >= 15 is 0 Å². The summed E-state index contributed by atoms with van der Waals surface area (Å²) in [4.78, 5) is 12.2. The van der Waals surface area contributed by atoms with Crippen molar-refractivity contribution in [1.29, 1.82) is 0 Å². The van der Waals surface area contributed by atoms with Crippen LogP contribution in [0.3, 0.4) is 0 Å². The van der Waals surface area contributed by atoms with E-state index in [0.717, 1.165) is 25.7 Å². The van der Waals surface area contributed by atoms with Gasteiger partial charge in [0.2, 0.25) is 0 Å². The molecule has 2 aliphatic rings. The summed E-state index contributed by atoms with van der Waals surface area (Å²) in [6, 6.07) is 16.9. The van der Waals surface area contributed by atoms with Crippen molar-refractivity contribution in [3.63, 3.8) is 0 Å². The molecule has 0 aromatic heterocycles. The average Bonchev–Trinajstić information content (AvgIpc) is 3.20. The van der Waals surface area contributed by atoms with Crippen molar-refractivity contribution >= 4 is 5.97 Å². The molecule has 0 aliphatic heterocycles. The molecule has 2 nitrogen and oxygen atoms in total.